The van der Waals surface area contributed by atoms with E-state index in [-0.39, 0.29) is 0 Å². The van der Waals surface area contributed by atoms with Crippen LogP contribution in [0.5, 0.6) is 0 Å². The summed E-state index contributed by atoms with van der Waals surface area (Å²) in [5.74, 6) is 0.550. The minimum absolute atomic E-state index is 0.550. The lowest BCUT2D eigenvalue weighted by molar-refractivity contribution is 0.702. The van der Waals surface area contributed by atoms with Gasteiger partial charge in [0.1, 0.15) is 0 Å². The maximum atomic E-state index is 5.84. The third kappa shape index (κ3) is 2.95. The Hall–Kier alpha value is -0.150. The summed E-state index contributed by atoms with van der Waals surface area (Å²) in [5, 5.41) is 1.88. The predicted molar refractivity (Wildman–Crippen MR) is 70.1 cm³/mol. The molecule has 16 heavy (non-hydrogen) atoms. The lowest BCUT2D eigenvalue weighted by atomic mass is 10.2. The van der Waals surface area contributed by atoms with Gasteiger partial charge in [0.05, 0.1) is 17.8 Å². The SMILES string of the molecule is Cn1c(CCl)cnc1SC1CCCCCC1. The molecule has 2 rings (SSSR count). The lowest BCUT2D eigenvalue weighted by Crippen LogP contribution is -2.03. The van der Waals surface area contributed by atoms with E-state index in [1.165, 1.54) is 38.5 Å². The van der Waals surface area contributed by atoms with Crippen LogP contribution >= 0.6 is 23.4 Å². The molecule has 1 fully saturated rings. The van der Waals surface area contributed by atoms with E-state index in [0.717, 1.165) is 16.1 Å². The van der Waals surface area contributed by atoms with Gasteiger partial charge in [-0.3, -0.25) is 0 Å². The van der Waals surface area contributed by atoms with E-state index >= 15 is 0 Å². The third-order valence-electron chi connectivity index (χ3n) is 3.25. The van der Waals surface area contributed by atoms with Crippen LogP contribution in [-0.4, -0.2) is 14.8 Å². The summed E-state index contributed by atoms with van der Waals surface area (Å²) in [5.41, 5.74) is 1.11. The van der Waals surface area contributed by atoms with E-state index in [4.69, 9.17) is 11.6 Å². The van der Waals surface area contributed by atoms with Gasteiger partial charge in [0.15, 0.2) is 5.16 Å². The van der Waals surface area contributed by atoms with Gasteiger partial charge in [0.2, 0.25) is 0 Å². The van der Waals surface area contributed by atoms with Crippen molar-refractivity contribution in [3.05, 3.63) is 11.9 Å². The Morgan fingerprint density at radius 1 is 1.38 bits per heavy atom. The minimum Gasteiger partial charge on any atom is -0.325 e. The Labute approximate surface area is 107 Å². The molecule has 0 N–H and O–H groups in total. The molecule has 1 saturated carbocycles. The molecule has 0 bridgehead atoms. The van der Waals surface area contributed by atoms with Gasteiger partial charge >= 0.3 is 0 Å². The highest BCUT2D eigenvalue weighted by Crippen LogP contribution is 2.32. The van der Waals surface area contributed by atoms with Gasteiger partial charge < -0.3 is 4.57 Å². The van der Waals surface area contributed by atoms with Gasteiger partial charge in [-0.2, -0.15) is 0 Å². The molecule has 90 valence electrons. The van der Waals surface area contributed by atoms with Gasteiger partial charge in [-0.15, -0.1) is 11.6 Å². The number of hydrogen-bond donors (Lipinski definition) is 0. The van der Waals surface area contributed by atoms with Gasteiger partial charge in [0.25, 0.3) is 0 Å². The number of hydrogen-bond acceptors (Lipinski definition) is 2. The number of nitrogens with zero attached hydrogens (tertiary/aromatic N) is 2. The molecule has 1 aliphatic rings. The summed E-state index contributed by atoms with van der Waals surface area (Å²) in [7, 11) is 2.06. The van der Waals surface area contributed by atoms with Crippen molar-refractivity contribution in [3.8, 4) is 0 Å². The van der Waals surface area contributed by atoms with Crippen molar-refractivity contribution in [2.75, 3.05) is 0 Å². The molecular weight excluding hydrogens is 240 g/mol. The number of thioether (sulfide) groups is 1. The quantitative estimate of drug-likeness (QED) is 0.603. The molecule has 2 nitrogen and oxygen atoms in total. The summed E-state index contributed by atoms with van der Waals surface area (Å²) >= 11 is 7.78. The van der Waals surface area contributed by atoms with Crippen molar-refractivity contribution < 1.29 is 0 Å². The second-order valence-corrected chi connectivity index (χ2v) is 5.99. The van der Waals surface area contributed by atoms with Crippen LogP contribution < -0.4 is 0 Å². The molecule has 1 aromatic heterocycles. The second kappa shape index (κ2) is 5.97. The number of rotatable bonds is 3. The Balaban J connectivity index is 1.99. The van der Waals surface area contributed by atoms with Crippen LogP contribution in [0.25, 0.3) is 0 Å². The van der Waals surface area contributed by atoms with Crippen LogP contribution in [0.4, 0.5) is 0 Å². The van der Waals surface area contributed by atoms with E-state index in [9.17, 15) is 0 Å². The standard InChI is InChI=1S/C12H19ClN2S/c1-15-10(8-13)9-14-12(15)16-11-6-4-2-3-5-7-11/h9,11H,2-8H2,1H3. The number of imidazole rings is 1. The summed E-state index contributed by atoms with van der Waals surface area (Å²) < 4.78 is 2.13. The highest BCUT2D eigenvalue weighted by Gasteiger charge is 2.16. The maximum absolute atomic E-state index is 5.84. The molecular formula is C12H19ClN2S. The summed E-state index contributed by atoms with van der Waals surface area (Å²) in [6, 6.07) is 0. The fourth-order valence-corrected chi connectivity index (χ4v) is 3.67. The van der Waals surface area contributed by atoms with Crippen molar-refractivity contribution in [1.29, 1.82) is 0 Å². The van der Waals surface area contributed by atoms with Gasteiger partial charge in [-0.05, 0) is 12.8 Å². The number of halogens is 1. The largest absolute Gasteiger partial charge is 0.325 e. The van der Waals surface area contributed by atoms with Crippen LogP contribution in [-0.2, 0) is 12.9 Å². The third-order valence-corrected chi connectivity index (χ3v) is 4.92. The predicted octanol–water partition coefficient (Wildman–Crippen LogP) is 3.97. The molecule has 0 spiro atoms. The molecule has 0 unspecified atom stereocenters. The molecule has 0 atom stereocenters. The monoisotopic (exact) mass is 258 g/mol. The van der Waals surface area contributed by atoms with Crippen molar-refractivity contribution in [2.45, 2.75) is 54.8 Å². The Morgan fingerprint density at radius 3 is 2.62 bits per heavy atom. The maximum Gasteiger partial charge on any atom is 0.168 e. The minimum atomic E-state index is 0.550. The molecule has 1 aliphatic carbocycles. The van der Waals surface area contributed by atoms with E-state index in [2.05, 4.69) is 16.6 Å². The van der Waals surface area contributed by atoms with Crippen molar-refractivity contribution >= 4 is 23.4 Å². The fraction of sp³-hybridized carbons (Fsp3) is 0.750. The zero-order chi connectivity index (χ0) is 11.4. The van der Waals surface area contributed by atoms with Gasteiger partial charge in [-0.25, -0.2) is 4.98 Å². The molecule has 0 saturated heterocycles. The Kier molecular flexibility index (Phi) is 4.59. The lowest BCUT2D eigenvalue weighted by Gasteiger charge is -2.13. The first-order valence-corrected chi connectivity index (χ1v) is 7.46. The topological polar surface area (TPSA) is 17.8 Å². The molecule has 0 aromatic carbocycles. The first-order valence-electron chi connectivity index (χ1n) is 6.04. The molecule has 0 radical (unpaired) electrons. The molecule has 0 aliphatic heterocycles. The van der Waals surface area contributed by atoms with Crippen LogP contribution in [0, 0.1) is 0 Å². The van der Waals surface area contributed by atoms with Crippen molar-refractivity contribution in [1.82, 2.24) is 9.55 Å². The second-order valence-electron chi connectivity index (χ2n) is 4.46. The smallest absolute Gasteiger partial charge is 0.168 e. The Bertz CT molecular complexity index is 330. The van der Waals surface area contributed by atoms with Crippen molar-refractivity contribution in [3.63, 3.8) is 0 Å². The zero-order valence-corrected chi connectivity index (χ0v) is 11.4. The van der Waals surface area contributed by atoms with E-state index in [0.29, 0.717) is 5.88 Å². The molecule has 1 aromatic rings. The highest BCUT2D eigenvalue weighted by molar-refractivity contribution is 7.99. The highest BCUT2D eigenvalue weighted by atomic mass is 35.5. The molecule has 4 heteroatoms. The van der Waals surface area contributed by atoms with Crippen molar-refractivity contribution in [2.24, 2.45) is 7.05 Å². The van der Waals surface area contributed by atoms with Crippen LogP contribution in [0.15, 0.2) is 11.4 Å². The molecule has 0 amide bonds. The average molecular weight is 259 g/mol. The molecule has 1 heterocycles. The fourth-order valence-electron chi connectivity index (χ4n) is 2.17. The average Bonchev–Trinajstić information content (AvgIpc) is 2.52. The zero-order valence-electron chi connectivity index (χ0n) is 9.79. The van der Waals surface area contributed by atoms with Gasteiger partial charge in [-0.1, -0.05) is 37.4 Å². The summed E-state index contributed by atoms with van der Waals surface area (Å²) in [6.07, 6.45) is 10.2. The van der Waals surface area contributed by atoms with Crippen LogP contribution in [0.1, 0.15) is 44.2 Å². The normalized spacial score (nSPS) is 18.6. The number of aromatic nitrogens is 2. The first-order chi connectivity index (χ1) is 7.81. The van der Waals surface area contributed by atoms with E-state index in [1.54, 1.807) is 0 Å². The van der Waals surface area contributed by atoms with E-state index < -0.39 is 0 Å². The van der Waals surface area contributed by atoms with E-state index in [1.807, 2.05) is 18.0 Å². The first kappa shape index (κ1) is 12.3. The van der Waals surface area contributed by atoms with Crippen LogP contribution in [0.2, 0.25) is 0 Å². The number of alkyl halides is 1. The summed E-state index contributed by atoms with van der Waals surface area (Å²) in [6.45, 7) is 0. The van der Waals surface area contributed by atoms with Gasteiger partial charge in [0, 0.05) is 12.3 Å². The summed E-state index contributed by atoms with van der Waals surface area (Å²) in [4.78, 5) is 4.45. The van der Waals surface area contributed by atoms with Crippen LogP contribution in [0.3, 0.4) is 0 Å². The Morgan fingerprint density at radius 2 is 2.06 bits per heavy atom.